The summed E-state index contributed by atoms with van der Waals surface area (Å²) in [6.45, 7) is 0. The Morgan fingerprint density at radius 1 is 0.850 bits per heavy atom. The largest absolute Gasteiger partial charge is 0.508 e. The van der Waals surface area contributed by atoms with E-state index in [1.807, 2.05) is 0 Å². The zero-order chi connectivity index (χ0) is 14.5. The summed E-state index contributed by atoms with van der Waals surface area (Å²) in [5.74, 6) is -1.46. The van der Waals surface area contributed by atoms with Crippen molar-refractivity contribution in [2.75, 3.05) is 0 Å². The lowest BCUT2D eigenvalue weighted by Gasteiger charge is -2.14. The van der Waals surface area contributed by atoms with Crippen molar-refractivity contribution in [3.8, 4) is 11.5 Å². The molecule has 2 rings (SSSR count). The monoisotopic (exact) mass is 272 g/mol. The van der Waals surface area contributed by atoms with E-state index in [0.29, 0.717) is 11.1 Å². The second kappa shape index (κ2) is 6.10. The molecule has 4 nitrogen and oxygen atoms in total. The van der Waals surface area contributed by atoms with Gasteiger partial charge in [0.2, 0.25) is 0 Å². The first-order valence-electron chi connectivity index (χ1n) is 6.34. The zero-order valence-corrected chi connectivity index (χ0v) is 10.9. The Bertz CT molecular complexity index is 559. The Morgan fingerprint density at radius 2 is 1.25 bits per heavy atom. The van der Waals surface area contributed by atoms with E-state index in [4.69, 9.17) is 0 Å². The van der Waals surface area contributed by atoms with Gasteiger partial charge in [0, 0.05) is 0 Å². The second-order valence-electron chi connectivity index (χ2n) is 4.70. The number of para-hydroxylation sites is 2. The normalized spacial score (nSPS) is 10.7. The summed E-state index contributed by atoms with van der Waals surface area (Å²) in [5.41, 5.74) is 1.19. The third-order valence-electron chi connectivity index (χ3n) is 3.27. The van der Waals surface area contributed by atoms with Crippen molar-refractivity contribution in [2.24, 2.45) is 5.92 Å². The summed E-state index contributed by atoms with van der Waals surface area (Å²) < 4.78 is 0. The lowest BCUT2D eigenvalue weighted by molar-refractivity contribution is -0.141. The maximum Gasteiger partial charge on any atom is 0.307 e. The van der Waals surface area contributed by atoms with Crippen LogP contribution in [0.1, 0.15) is 11.1 Å². The van der Waals surface area contributed by atoms with Gasteiger partial charge in [0.25, 0.3) is 0 Å². The highest BCUT2D eigenvalue weighted by Gasteiger charge is 2.21. The molecule has 0 aliphatic carbocycles. The number of hydrogen-bond acceptors (Lipinski definition) is 3. The Balaban J connectivity index is 2.19. The van der Waals surface area contributed by atoms with Crippen LogP contribution in [-0.2, 0) is 17.6 Å². The highest BCUT2D eigenvalue weighted by atomic mass is 16.4. The maximum atomic E-state index is 11.4. The fourth-order valence-electron chi connectivity index (χ4n) is 2.14. The van der Waals surface area contributed by atoms with Gasteiger partial charge in [0.15, 0.2) is 0 Å². The van der Waals surface area contributed by atoms with Crippen LogP contribution in [0.2, 0.25) is 0 Å². The molecule has 4 heteroatoms. The van der Waals surface area contributed by atoms with E-state index < -0.39 is 11.9 Å². The van der Waals surface area contributed by atoms with Gasteiger partial charge in [-0.1, -0.05) is 36.4 Å². The smallest absolute Gasteiger partial charge is 0.307 e. The predicted octanol–water partition coefficient (Wildman–Crippen LogP) is 2.58. The van der Waals surface area contributed by atoms with Crippen LogP contribution in [0.5, 0.6) is 11.5 Å². The van der Waals surface area contributed by atoms with Gasteiger partial charge in [-0.05, 0) is 36.1 Å². The molecule has 0 saturated heterocycles. The first kappa shape index (κ1) is 13.9. The molecule has 0 bridgehead atoms. The molecule has 2 aromatic carbocycles. The van der Waals surface area contributed by atoms with E-state index in [9.17, 15) is 20.1 Å². The van der Waals surface area contributed by atoms with E-state index in [1.165, 1.54) is 12.1 Å². The van der Waals surface area contributed by atoms with E-state index in [2.05, 4.69) is 0 Å². The van der Waals surface area contributed by atoms with Crippen LogP contribution in [0.15, 0.2) is 48.5 Å². The zero-order valence-electron chi connectivity index (χ0n) is 10.9. The number of aromatic hydroxyl groups is 2. The quantitative estimate of drug-likeness (QED) is 0.781. The SMILES string of the molecule is O=C(O)C(Cc1ccccc1O)Cc1ccccc1O. The molecule has 0 aliphatic heterocycles. The topological polar surface area (TPSA) is 77.8 Å². The van der Waals surface area contributed by atoms with Crippen molar-refractivity contribution >= 4 is 5.97 Å². The predicted molar refractivity (Wildman–Crippen MR) is 74.7 cm³/mol. The third-order valence-corrected chi connectivity index (χ3v) is 3.27. The van der Waals surface area contributed by atoms with Gasteiger partial charge in [0.05, 0.1) is 5.92 Å². The van der Waals surface area contributed by atoms with E-state index in [-0.39, 0.29) is 24.3 Å². The maximum absolute atomic E-state index is 11.4. The number of phenolic OH excluding ortho intramolecular Hbond substituents is 2. The molecular weight excluding hydrogens is 256 g/mol. The van der Waals surface area contributed by atoms with Gasteiger partial charge in [-0.15, -0.1) is 0 Å². The standard InChI is InChI=1S/C16H16O4/c17-14-7-3-1-5-11(14)9-13(16(19)20)10-12-6-2-4-8-15(12)18/h1-8,13,17-18H,9-10H2,(H,19,20). The van der Waals surface area contributed by atoms with Gasteiger partial charge < -0.3 is 15.3 Å². The molecule has 0 saturated carbocycles. The van der Waals surface area contributed by atoms with Crippen molar-refractivity contribution in [2.45, 2.75) is 12.8 Å². The van der Waals surface area contributed by atoms with Crippen LogP contribution in [0.3, 0.4) is 0 Å². The molecule has 0 spiro atoms. The van der Waals surface area contributed by atoms with Gasteiger partial charge >= 0.3 is 5.97 Å². The molecule has 0 radical (unpaired) electrons. The Morgan fingerprint density at radius 3 is 1.60 bits per heavy atom. The fraction of sp³-hybridized carbons (Fsp3) is 0.188. The van der Waals surface area contributed by atoms with Crippen LogP contribution in [0, 0.1) is 5.92 Å². The molecular formula is C16H16O4. The van der Waals surface area contributed by atoms with Crippen LogP contribution in [0.25, 0.3) is 0 Å². The molecule has 104 valence electrons. The van der Waals surface area contributed by atoms with Gasteiger partial charge in [0.1, 0.15) is 11.5 Å². The average Bonchev–Trinajstić information content (AvgIpc) is 2.42. The lowest BCUT2D eigenvalue weighted by atomic mass is 9.92. The third kappa shape index (κ3) is 3.29. The minimum Gasteiger partial charge on any atom is -0.508 e. The molecule has 0 heterocycles. The summed E-state index contributed by atoms with van der Waals surface area (Å²) in [5, 5.41) is 28.8. The fourth-order valence-corrected chi connectivity index (χ4v) is 2.14. The number of aliphatic carboxylic acids is 1. The summed E-state index contributed by atoms with van der Waals surface area (Å²) >= 11 is 0. The average molecular weight is 272 g/mol. The van der Waals surface area contributed by atoms with E-state index in [0.717, 1.165) is 0 Å². The Hall–Kier alpha value is -2.49. The molecule has 20 heavy (non-hydrogen) atoms. The van der Waals surface area contributed by atoms with Crippen molar-refractivity contribution in [3.05, 3.63) is 59.7 Å². The molecule has 2 aromatic rings. The number of benzene rings is 2. The van der Waals surface area contributed by atoms with Gasteiger partial charge in [-0.25, -0.2) is 0 Å². The molecule has 0 amide bonds. The van der Waals surface area contributed by atoms with E-state index >= 15 is 0 Å². The summed E-state index contributed by atoms with van der Waals surface area (Å²) in [4.78, 5) is 11.4. The van der Waals surface area contributed by atoms with Crippen LogP contribution >= 0.6 is 0 Å². The lowest BCUT2D eigenvalue weighted by Crippen LogP contribution is -2.19. The summed E-state index contributed by atoms with van der Waals surface area (Å²) in [6.07, 6.45) is 0.437. The number of hydrogen-bond donors (Lipinski definition) is 3. The van der Waals surface area contributed by atoms with Crippen LogP contribution in [-0.4, -0.2) is 21.3 Å². The Labute approximate surface area is 116 Å². The van der Waals surface area contributed by atoms with Crippen molar-refractivity contribution < 1.29 is 20.1 Å². The molecule has 0 unspecified atom stereocenters. The number of carboxylic acids is 1. The number of carboxylic acid groups (broad SMARTS) is 1. The number of rotatable bonds is 5. The van der Waals surface area contributed by atoms with E-state index in [1.54, 1.807) is 36.4 Å². The number of phenols is 2. The minimum absolute atomic E-state index is 0.0935. The molecule has 0 aromatic heterocycles. The number of carbonyl (C=O) groups is 1. The minimum atomic E-state index is -0.948. The summed E-state index contributed by atoms with van der Waals surface area (Å²) in [7, 11) is 0. The van der Waals surface area contributed by atoms with Crippen molar-refractivity contribution in [1.82, 2.24) is 0 Å². The van der Waals surface area contributed by atoms with Crippen LogP contribution < -0.4 is 0 Å². The highest BCUT2D eigenvalue weighted by Crippen LogP contribution is 2.25. The first-order chi connectivity index (χ1) is 9.58. The first-order valence-corrected chi connectivity index (χ1v) is 6.34. The Kier molecular flexibility index (Phi) is 4.25. The second-order valence-corrected chi connectivity index (χ2v) is 4.70. The summed E-state index contributed by atoms with van der Waals surface area (Å²) in [6, 6.07) is 13.4. The molecule has 0 aliphatic rings. The van der Waals surface area contributed by atoms with Crippen molar-refractivity contribution in [1.29, 1.82) is 0 Å². The van der Waals surface area contributed by atoms with Crippen molar-refractivity contribution in [3.63, 3.8) is 0 Å². The highest BCUT2D eigenvalue weighted by molar-refractivity contribution is 5.71. The van der Waals surface area contributed by atoms with Crippen LogP contribution in [0.4, 0.5) is 0 Å². The van der Waals surface area contributed by atoms with Gasteiger partial charge in [-0.3, -0.25) is 4.79 Å². The molecule has 3 N–H and O–H groups in total. The molecule has 0 fully saturated rings. The van der Waals surface area contributed by atoms with Gasteiger partial charge in [-0.2, -0.15) is 0 Å². The molecule has 0 atom stereocenters.